The maximum absolute atomic E-state index is 12.4. The van der Waals surface area contributed by atoms with Crippen LogP contribution in [0.5, 0.6) is 0 Å². The van der Waals surface area contributed by atoms with Crippen LogP contribution in [0.2, 0.25) is 30.7 Å². The minimum Gasteiger partial charge on any atom is -0.465 e. The van der Waals surface area contributed by atoms with Crippen molar-refractivity contribution in [1.29, 1.82) is 0 Å². The average Bonchev–Trinajstić information content (AvgIpc) is 2.67. The van der Waals surface area contributed by atoms with E-state index >= 15 is 0 Å². The van der Waals surface area contributed by atoms with Crippen LogP contribution in [-0.2, 0) is 29.2 Å². The Hall–Kier alpha value is -2.38. The van der Waals surface area contributed by atoms with Crippen LogP contribution in [0.4, 0.5) is 0 Å². The lowest BCUT2D eigenvalue weighted by atomic mass is 10.2. The number of carbonyl (C=O) groups excluding carboxylic acids is 1. The molecule has 160 valence electrons. The first kappa shape index (κ1) is 23.9. The molecule has 0 atom stereocenters. The molecule has 0 fully saturated rings. The van der Waals surface area contributed by atoms with Crippen LogP contribution in [0.3, 0.4) is 0 Å². The van der Waals surface area contributed by atoms with Gasteiger partial charge in [0.05, 0.1) is 25.4 Å². The van der Waals surface area contributed by atoms with Gasteiger partial charge in [0.15, 0.2) is 0 Å². The van der Waals surface area contributed by atoms with Crippen molar-refractivity contribution in [3.63, 3.8) is 0 Å². The third kappa shape index (κ3) is 9.41. The molecule has 0 N–H and O–H groups in total. The predicted molar refractivity (Wildman–Crippen MR) is 122 cm³/mol. The molecule has 0 amide bonds. The Bertz CT molecular complexity index is 880. The molecule has 0 aliphatic heterocycles. The van der Waals surface area contributed by atoms with Gasteiger partial charge in [-0.3, -0.25) is 14.7 Å². The number of rotatable bonds is 11. The smallest absolute Gasteiger partial charge is 0.320 e. The Balaban J connectivity index is 2.07. The fourth-order valence-electron chi connectivity index (χ4n) is 2.75. The number of hydrogen-bond donors (Lipinski definition) is 0. The Kier molecular flexibility index (Phi) is 9.33. The van der Waals surface area contributed by atoms with Crippen molar-refractivity contribution in [1.82, 2.24) is 9.88 Å². The number of carbonyl (C=O) groups is 1. The quantitative estimate of drug-likeness (QED) is 0.151. The van der Waals surface area contributed by atoms with E-state index in [2.05, 4.69) is 34.7 Å². The number of azide groups is 1. The topological polar surface area (TPSA) is 91.2 Å². The van der Waals surface area contributed by atoms with Gasteiger partial charge in [0.25, 0.3) is 0 Å². The summed E-state index contributed by atoms with van der Waals surface area (Å²) in [4.78, 5) is 21.7. The summed E-state index contributed by atoms with van der Waals surface area (Å²) in [6.07, 6.45) is 0. The number of aromatic nitrogens is 1. The first-order chi connectivity index (χ1) is 14.2. The van der Waals surface area contributed by atoms with Crippen LogP contribution in [0.1, 0.15) is 17.0 Å². The summed E-state index contributed by atoms with van der Waals surface area (Å²) in [7, 11) is -1.26. The lowest BCUT2D eigenvalue weighted by Crippen LogP contribution is -2.31. The standard InChI is InChI=1S/C21H28ClN5O2Si/c1-30(2,3)12-11-29-21(28)16-27(14-17-7-9-18(22)10-8-17)15-20-6-4-5-19(25-20)13-24-26-23/h4-10H,11-16H2,1-3H3. The molecule has 0 aliphatic rings. The fourth-order valence-corrected chi connectivity index (χ4v) is 3.59. The molecule has 0 aliphatic carbocycles. The van der Waals surface area contributed by atoms with Gasteiger partial charge in [-0.25, -0.2) is 0 Å². The summed E-state index contributed by atoms with van der Waals surface area (Å²) in [5.74, 6) is -0.243. The van der Waals surface area contributed by atoms with Crippen molar-refractivity contribution in [2.45, 2.75) is 45.3 Å². The summed E-state index contributed by atoms with van der Waals surface area (Å²) in [6.45, 7) is 8.60. The van der Waals surface area contributed by atoms with Gasteiger partial charge in [0.1, 0.15) is 0 Å². The number of hydrogen-bond acceptors (Lipinski definition) is 5. The second kappa shape index (κ2) is 11.7. The lowest BCUT2D eigenvalue weighted by Gasteiger charge is -2.22. The Morgan fingerprint density at radius 3 is 2.53 bits per heavy atom. The molecule has 0 saturated carbocycles. The Labute approximate surface area is 183 Å². The Morgan fingerprint density at radius 2 is 1.87 bits per heavy atom. The highest BCUT2D eigenvalue weighted by molar-refractivity contribution is 6.76. The third-order valence-electron chi connectivity index (χ3n) is 4.33. The minimum atomic E-state index is -1.26. The summed E-state index contributed by atoms with van der Waals surface area (Å²) >= 11 is 5.99. The number of halogens is 1. The maximum atomic E-state index is 12.4. The summed E-state index contributed by atoms with van der Waals surface area (Å²) in [5.41, 5.74) is 11.0. The van der Waals surface area contributed by atoms with E-state index in [0.717, 1.165) is 17.3 Å². The van der Waals surface area contributed by atoms with Crippen LogP contribution in [0.15, 0.2) is 47.6 Å². The van der Waals surface area contributed by atoms with Gasteiger partial charge in [0.2, 0.25) is 0 Å². The van der Waals surface area contributed by atoms with Gasteiger partial charge in [-0.15, -0.1) is 0 Å². The van der Waals surface area contributed by atoms with E-state index in [1.165, 1.54) is 0 Å². The second-order valence-electron chi connectivity index (χ2n) is 8.31. The highest BCUT2D eigenvalue weighted by atomic mass is 35.5. The van der Waals surface area contributed by atoms with Gasteiger partial charge < -0.3 is 4.74 Å². The number of pyridine rings is 1. The van der Waals surface area contributed by atoms with Crippen LogP contribution >= 0.6 is 11.6 Å². The van der Waals surface area contributed by atoms with Crippen molar-refractivity contribution < 1.29 is 9.53 Å². The fraction of sp³-hybridized carbons (Fsp3) is 0.429. The van der Waals surface area contributed by atoms with E-state index in [0.29, 0.717) is 30.4 Å². The molecule has 9 heteroatoms. The van der Waals surface area contributed by atoms with E-state index in [1.807, 2.05) is 47.4 Å². The average molecular weight is 446 g/mol. The van der Waals surface area contributed by atoms with Gasteiger partial charge in [-0.05, 0) is 41.4 Å². The first-order valence-electron chi connectivity index (χ1n) is 9.83. The first-order valence-corrected chi connectivity index (χ1v) is 13.9. The summed E-state index contributed by atoms with van der Waals surface area (Å²) < 4.78 is 5.48. The van der Waals surface area contributed by atoms with Gasteiger partial charge in [-0.2, -0.15) is 0 Å². The zero-order chi connectivity index (χ0) is 22.0. The zero-order valence-electron chi connectivity index (χ0n) is 17.7. The number of nitrogens with zero attached hydrogens (tertiary/aromatic N) is 5. The highest BCUT2D eigenvalue weighted by Gasteiger charge is 2.17. The molecule has 30 heavy (non-hydrogen) atoms. The van der Waals surface area contributed by atoms with Crippen LogP contribution in [0, 0.1) is 0 Å². The molecule has 1 aromatic carbocycles. The van der Waals surface area contributed by atoms with Gasteiger partial charge in [-0.1, -0.05) is 54.6 Å². The molecule has 7 nitrogen and oxygen atoms in total. The highest BCUT2D eigenvalue weighted by Crippen LogP contribution is 2.14. The van der Waals surface area contributed by atoms with Gasteiger partial charge >= 0.3 is 5.97 Å². The Morgan fingerprint density at radius 1 is 1.17 bits per heavy atom. The predicted octanol–water partition coefficient (Wildman–Crippen LogP) is 5.43. The van der Waals surface area contributed by atoms with Crippen LogP contribution in [0.25, 0.3) is 10.4 Å². The van der Waals surface area contributed by atoms with Gasteiger partial charge in [0, 0.05) is 36.8 Å². The minimum absolute atomic E-state index is 0.163. The van der Waals surface area contributed by atoms with E-state index in [-0.39, 0.29) is 19.1 Å². The SMILES string of the molecule is C[Si](C)(C)CCOC(=O)CN(Cc1ccc(Cl)cc1)Cc1cccc(CN=[N+]=[N-])n1. The van der Waals surface area contributed by atoms with Crippen molar-refractivity contribution in [2.75, 3.05) is 13.2 Å². The van der Waals surface area contributed by atoms with E-state index in [9.17, 15) is 4.79 Å². The number of esters is 1. The zero-order valence-corrected chi connectivity index (χ0v) is 19.5. The van der Waals surface area contributed by atoms with E-state index in [4.69, 9.17) is 21.9 Å². The van der Waals surface area contributed by atoms with Crippen molar-refractivity contribution in [3.8, 4) is 0 Å². The number of ether oxygens (including phenoxy) is 1. The maximum Gasteiger partial charge on any atom is 0.320 e. The van der Waals surface area contributed by atoms with Crippen LogP contribution < -0.4 is 0 Å². The van der Waals surface area contributed by atoms with Crippen molar-refractivity contribution in [3.05, 3.63) is 74.9 Å². The molecule has 0 spiro atoms. The molecular formula is C21H28ClN5O2Si. The summed E-state index contributed by atoms with van der Waals surface area (Å²) in [5, 5.41) is 4.23. The monoisotopic (exact) mass is 445 g/mol. The molecule has 0 unspecified atom stereocenters. The molecule has 2 aromatic rings. The van der Waals surface area contributed by atoms with E-state index < -0.39 is 8.07 Å². The second-order valence-corrected chi connectivity index (χ2v) is 14.4. The molecule has 2 rings (SSSR count). The van der Waals surface area contributed by atoms with Crippen molar-refractivity contribution >= 4 is 25.6 Å². The summed E-state index contributed by atoms with van der Waals surface area (Å²) in [6, 6.07) is 14.1. The molecule has 1 aromatic heterocycles. The molecule has 1 heterocycles. The van der Waals surface area contributed by atoms with Crippen LogP contribution in [-0.4, -0.2) is 37.1 Å². The van der Waals surface area contributed by atoms with E-state index in [1.54, 1.807) is 0 Å². The molecule has 0 bridgehead atoms. The molecule has 0 saturated heterocycles. The number of benzene rings is 1. The normalized spacial score (nSPS) is 11.2. The lowest BCUT2D eigenvalue weighted by molar-refractivity contribution is -0.144. The van der Waals surface area contributed by atoms with Crippen molar-refractivity contribution in [2.24, 2.45) is 5.11 Å². The molecule has 0 radical (unpaired) electrons. The molecular weight excluding hydrogens is 418 g/mol. The third-order valence-corrected chi connectivity index (χ3v) is 6.29. The largest absolute Gasteiger partial charge is 0.465 e.